The van der Waals surface area contributed by atoms with Crippen LogP contribution in [0.5, 0.6) is 11.5 Å². The maximum atomic E-state index is 12.1. The lowest BCUT2D eigenvalue weighted by molar-refractivity contribution is 0.174. The van der Waals surface area contributed by atoms with Gasteiger partial charge in [0.1, 0.15) is 11.6 Å². The van der Waals surface area contributed by atoms with Gasteiger partial charge in [0, 0.05) is 32.6 Å². The molecule has 0 amide bonds. The van der Waals surface area contributed by atoms with Gasteiger partial charge in [-0.15, -0.1) is 10.2 Å². The minimum Gasteiger partial charge on any atom is -0.454 e. The second kappa shape index (κ2) is 9.13. The fraction of sp³-hybridized carbons (Fsp3) is 0.619. The van der Waals surface area contributed by atoms with Gasteiger partial charge in [0.25, 0.3) is 0 Å². The number of sulfonamides is 1. The largest absolute Gasteiger partial charge is 0.454 e. The number of ether oxygens (including phenoxy) is 2. The summed E-state index contributed by atoms with van der Waals surface area (Å²) < 4.78 is 39.7. The van der Waals surface area contributed by atoms with Gasteiger partial charge in [0.2, 0.25) is 16.8 Å². The molecule has 2 aliphatic heterocycles. The Labute approximate surface area is 183 Å². The van der Waals surface area contributed by atoms with E-state index < -0.39 is 15.3 Å². The van der Waals surface area contributed by atoms with E-state index >= 15 is 0 Å². The number of benzene rings is 1. The molecule has 0 aliphatic carbocycles. The zero-order chi connectivity index (χ0) is 22.0. The second-order valence-electron chi connectivity index (χ2n) is 8.65. The Morgan fingerprint density at radius 1 is 1.10 bits per heavy atom. The fourth-order valence-corrected chi connectivity index (χ4v) is 4.71. The van der Waals surface area contributed by atoms with Gasteiger partial charge in [-0.25, -0.2) is 13.1 Å². The average Bonchev–Trinajstić information content (AvgIpc) is 3.29. The van der Waals surface area contributed by atoms with E-state index in [9.17, 15) is 8.42 Å². The molecule has 2 aliphatic rings. The van der Waals surface area contributed by atoms with Crippen LogP contribution in [0.4, 0.5) is 0 Å². The van der Waals surface area contributed by atoms with Crippen molar-refractivity contribution in [1.29, 1.82) is 0 Å². The molecule has 1 N–H and O–H groups in total. The summed E-state index contributed by atoms with van der Waals surface area (Å²) in [4.78, 5) is 2.45. The highest BCUT2D eigenvalue weighted by atomic mass is 32.2. The maximum Gasteiger partial charge on any atom is 0.231 e. The topological polar surface area (TPSA) is 98.6 Å². The van der Waals surface area contributed by atoms with Crippen LogP contribution in [0, 0.1) is 5.92 Å². The normalized spacial score (nSPS) is 17.5. The Balaban J connectivity index is 1.31. The average molecular weight is 450 g/mol. The predicted octanol–water partition coefficient (Wildman–Crippen LogP) is 1.57. The number of nitrogens with one attached hydrogen (secondary N) is 1. The molecule has 3 heterocycles. The summed E-state index contributed by atoms with van der Waals surface area (Å²) >= 11 is 0. The quantitative estimate of drug-likeness (QED) is 0.653. The summed E-state index contributed by atoms with van der Waals surface area (Å²) in [5.74, 6) is 3.73. The van der Waals surface area contributed by atoms with Gasteiger partial charge in [-0.2, -0.15) is 0 Å². The molecule has 0 fully saturated rings. The highest BCUT2D eigenvalue weighted by molar-refractivity contribution is 7.90. The number of hydrogen-bond acceptors (Lipinski definition) is 7. The summed E-state index contributed by atoms with van der Waals surface area (Å²) in [7, 11) is -3.33. The standard InChI is InChI=1S/C21H31N5O4S/c1-15(2)31(27,28)22-12-21-24-23-20-6-7-25(8-9-26(20)21)13-16(3)10-17-4-5-18-19(11-17)30-14-29-18/h4-5,11,15-16,22H,6-10,12-14H2,1-3H3/t16-/m0/s1. The highest BCUT2D eigenvalue weighted by Gasteiger charge is 2.22. The van der Waals surface area contributed by atoms with E-state index in [0.717, 1.165) is 56.3 Å². The summed E-state index contributed by atoms with van der Waals surface area (Å²) in [6.07, 6.45) is 1.78. The first kappa shape index (κ1) is 22.0. The van der Waals surface area contributed by atoms with Gasteiger partial charge >= 0.3 is 0 Å². The van der Waals surface area contributed by atoms with Gasteiger partial charge in [-0.1, -0.05) is 13.0 Å². The second-order valence-corrected chi connectivity index (χ2v) is 11.0. The number of nitrogens with zero attached hydrogens (tertiary/aromatic N) is 4. The number of aromatic nitrogens is 3. The van der Waals surface area contributed by atoms with Crippen LogP contribution in [0.2, 0.25) is 0 Å². The van der Waals surface area contributed by atoms with Crippen LogP contribution in [0.25, 0.3) is 0 Å². The van der Waals surface area contributed by atoms with E-state index in [1.165, 1.54) is 5.56 Å². The first-order chi connectivity index (χ1) is 14.8. The van der Waals surface area contributed by atoms with Crippen LogP contribution < -0.4 is 14.2 Å². The molecule has 1 atom stereocenters. The summed E-state index contributed by atoms with van der Waals surface area (Å²) in [5, 5.41) is 8.05. The molecule has 1 aromatic heterocycles. The Bertz CT molecular complexity index is 1020. The molecular formula is C21H31N5O4S. The van der Waals surface area contributed by atoms with Gasteiger partial charge in [0.15, 0.2) is 11.5 Å². The third-order valence-corrected chi connectivity index (χ3v) is 7.63. The van der Waals surface area contributed by atoms with Crippen molar-refractivity contribution in [3.8, 4) is 11.5 Å². The van der Waals surface area contributed by atoms with Gasteiger partial charge in [-0.3, -0.25) is 0 Å². The van der Waals surface area contributed by atoms with E-state index in [1.807, 2.05) is 6.07 Å². The minimum atomic E-state index is -3.33. The molecule has 0 saturated heterocycles. The van der Waals surface area contributed by atoms with Gasteiger partial charge in [0.05, 0.1) is 11.8 Å². The Morgan fingerprint density at radius 3 is 2.71 bits per heavy atom. The maximum absolute atomic E-state index is 12.1. The summed E-state index contributed by atoms with van der Waals surface area (Å²) in [6, 6.07) is 6.17. The van der Waals surface area contributed by atoms with Crippen molar-refractivity contribution in [1.82, 2.24) is 24.4 Å². The molecule has 0 saturated carbocycles. The zero-order valence-corrected chi connectivity index (χ0v) is 19.2. The number of fused-ring (bicyclic) bond motifs is 2. The van der Waals surface area contributed by atoms with E-state index in [1.54, 1.807) is 13.8 Å². The lowest BCUT2D eigenvalue weighted by Crippen LogP contribution is -2.33. The van der Waals surface area contributed by atoms with Gasteiger partial charge in [-0.05, 0) is 43.9 Å². The van der Waals surface area contributed by atoms with Crippen LogP contribution in [0.1, 0.15) is 38.0 Å². The van der Waals surface area contributed by atoms with Crippen molar-refractivity contribution in [3.05, 3.63) is 35.4 Å². The first-order valence-corrected chi connectivity index (χ1v) is 12.4. The molecule has 170 valence electrons. The third kappa shape index (κ3) is 5.19. The zero-order valence-electron chi connectivity index (χ0n) is 18.4. The monoisotopic (exact) mass is 449 g/mol. The van der Waals surface area contributed by atoms with E-state index in [0.29, 0.717) is 18.5 Å². The Morgan fingerprint density at radius 2 is 1.90 bits per heavy atom. The SMILES string of the molecule is CC(C)S(=O)(=O)NCc1nnc2n1CCN(C[C@@H](C)Cc1ccc3c(c1)OCO3)CC2. The minimum absolute atomic E-state index is 0.175. The van der Waals surface area contributed by atoms with E-state index in [4.69, 9.17) is 9.47 Å². The van der Waals surface area contributed by atoms with Crippen molar-refractivity contribution in [2.24, 2.45) is 5.92 Å². The number of rotatable bonds is 8. The molecule has 0 radical (unpaired) electrons. The van der Waals surface area contributed by atoms with Crippen molar-refractivity contribution < 1.29 is 17.9 Å². The Hall–Kier alpha value is -2.17. The fourth-order valence-electron chi connectivity index (χ4n) is 4.05. The highest BCUT2D eigenvalue weighted by Crippen LogP contribution is 2.33. The molecule has 31 heavy (non-hydrogen) atoms. The molecule has 0 spiro atoms. The first-order valence-electron chi connectivity index (χ1n) is 10.8. The Kier molecular flexibility index (Phi) is 6.49. The molecule has 4 rings (SSSR count). The lowest BCUT2D eigenvalue weighted by atomic mass is 10.00. The van der Waals surface area contributed by atoms with E-state index in [2.05, 4.69) is 43.4 Å². The molecule has 0 unspecified atom stereocenters. The summed E-state index contributed by atoms with van der Waals surface area (Å²) in [6.45, 7) is 9.62. The molecule has 0 bridgehead atoms. The van der Waals surface area contributed by atoms with Crippen LogP contribution in [0.15, 0.2) is 18.2 Å². The molecular weight excluding hydrogens is 418 g/mol. The third-order valence-electron chi connectivity index (χ3n) is 5.84. The lowest BCUT2D eigenvalue weighted by Gasteiger charge is -2.24. The summed E-state index contributed by atoms with van der Waals surface area (Å²) in [5.41, 5.74) is 1.25. The van der Waals surface area contributed by atoms with Crippen LogP contribution >= 0.6 is 0 Å². The smallest absolute Gasteiger partial charge is 0.231 e. The van der Waals surface area contributed by atoms with Crippen molar-refractivity contribution >= 4 is 10.0 Å². The van der Waals surface area contributed by atoms with E-state index in [-0.39, 0.29) is 6.54 Å². The van der Waals surface area contributed by atoms with Crippen molar-refractivity contribution in [3.63, 3.8) is 0 Å². The molecule has 2 aromatic rings. The predicted molar refractivity (Wildman–Crippen MR) is 116 cm³/mol. The number of hydrogen-bond donors (Lipinski definition) is 1. The molecule has 9 nitrogen and oxygen atoms in total. The van der Waals surface area contributed by atoms with Crippen molar-refractivity contribution in [2.75, 3.05) is 26.4 Å². The molecule has 1 aromatic carbocycles. The van der Waals surface area contributed by atoms with Crippen LogP contribution in [-0.4, -0.2) is 59.8 Å². The van der Waals surface area contributed by atoms with Crippen molar-refractivity contribution in [2.45, 2.75) is 52.0 Å². The van der Waals surface area contributed by atoms with Crippen LogP contribution in [0.3, 0.4) is 0 Å². The van der Waals surface area contributed by atoms with Crippen LogP contribution in [-0.2, 0) is 36.0 Å². The molecule has 10 heteroatoms. The van der Waals surface area contributed by atoms with Gasteiger partial charge < -0.3 is 18.9 Å².